The van der Waals surface area contributed by atoms with Gasteiger partial charge in [-0.25, -0.2) is 13.8 Å². The maximum Gasteiger partial charge on any atom is 0.272 e. The molecule has 2 fully saturated rings. The van der Waals surface area contributed by atoms with E-state index < -0.39 is 17.7 Å². The molecule has 0 spiro atoms. The molecule has 2 aliphatic heterocycles. The molecular formula is C25H29F2N5O2. The van der Waals surface area contributed by atoms with Crippen LogP contribution in [0.1, 0.15) is 34.9 Å². The molecule has 0 radical (unpaired) electrons. The summed E-state index contributed by atoms with van der Waals surface area (Å²) in [5.41, 5.74) is 2.21. The zero-order valence-electron chi connectivity index (χ0n) is 19.4. The number of imidazole rings is 1. The standard InChI is InChI=1S/C25H29F2N5O2/c1-29(2)12-16-13-30(15-23(16)33)25(34)22-11-28-24-8-6-18(14-32(22)24)31-9-3-4-21(31)19-10-17(26)5-7-20(19)27/h5-8,10-11,14,16,21,23,33H,3-4,9,12-13,15H2,1-2H3/t16?,21-,23?/m1/s1. The van der Waals surface area contributed by atoms with Crippen molar-refractivity contribution in [2.24, 2.45) is 5.92 Å². The molecule has 2 saturated heterocycles. The smallest absolute Gasteiger partial charge is 0.272 e. The molecule has 4 heterocycles. The van der Waals surface area contributed by atoms with E-state index in [0.29, 0.717) is 43.0 Å². The van der Waals surface area contributed by atoms with Crippen molar-refractivity contribution in [3.05, 3.63) is 65.6 Å². The minimum absolute atomic E-state index is 0.000203. The van der Waals surface area contributed by atoms with Crippen molar-refractivity contribution in [1.82, 2.24) is 19.2 Å². The van der Waals surface area contributed by atoms with Gasteiger partial charge in [-0.05, 0) is 57.3 Å². The number of aliphatic hydroxyl groups is 1. The van der Waals surface area contributed by atoms with Gasteiger partial charge in [-0.2, -0.15) is 0 Å². The lowest BCUT2D eigenvalue weighted by Crippen LogP contribution is -2.31. The van der Waals surface area contributed by atoms with Crippen LogP contribution in [0, 0.1) is 17.6 Å². The number of β-amino-alcohol motifs (C(OH)–C–C–N with tert-alkyl or cyclic N) is 1. The number of hydrogen-bond donors (Lipinski definition) is 1. The molecule has 3 aromatic rings. The molecule has 3 atom stereocenters. The third-order valence-electron chi connectivity index (χ3n) is 6.90. The van der Waals surface area contributed by atoms with Gasteiger partial charge in [0.1, 0.15) is 23.0 Å². The fourth-order valence-electron chi connectivity index (χ4n) is 5.30. The van der Waals surface area contributed by atoms with Crippen LogP contribution in [0.25, 0.3) is 5.65 Å². The molecule has 7 nitrogen and oxygen atoms in total. The van der Waals surface area contributed by atoms with Crippen molar-refractivity contribution in [2.45, 2.75) is 25.0 Å². The first kappa shape index (κ1) is 22.7. The summed E-state index contributed by atoms with van der Waals surface area (Å²) in [6.45, 7) is 2.18. The van der Waals surface area contributed by atoms with Gasteiger partial charge in [0.25, 0.3) is 5.91 Å². The SMILES string of the molecule is CN(C)CC1CN(C(=O)c2cnc3ccc(N4CCC[C@@H]4c4cc(F)ccc4F)cn23)CC1O. The summed E-state index contributed by atoms with van der Waals surface area (Å²) in [5, 5.41) is 10.4. The van der Waals surface area contributed by atoms with E-state index in [1.165, 1.54) is 12.1 Å². The van der Waals surface area contributed by atoms with Crippen molar-refractivity contribution in [1.29, 1.82) is 0 Å². The number of likely N-dealkylation sites (tertiary alicyclic amines) is 1. The monoisotopic (exact) mass is 469 g/mol. The number of aromatic nitrogens is 2. The molecule has 2 aromatic heterocycles. The van der Waals surface area contributed by atoms with Crippen LogP contribution in [0.2, 0.25) is 0 Å². The Hall–Kier alpha value is -3.04. The van der Waals surface area contributed by atoms with Crippen LogP contribution in [-0.2, 0) is 0 Å². The molecule has 1 N–H and O–H groups in total. The van der Waals surface area contributed by atoms with E-state index in [1.807, 2.05) is 37.3 Å². The third-order valence-corrected chi connectivity index (χ3v) is 6.90. The average molecular weight is 470 g/mol. The lowest BCUT2D eigenvalue weighted by atomic mass is 10.0. The highest BCUT2D eigenvalue weighted by atomic mass is 19.1. The largest absolute Gasteiger partial charge is 0.391 e. The molecule has 0 bridgehead atoms. The Morgan fingerprint density at radius 2 is 2.03 bits per heavy atom. The first-order chi connectivity index (χ1) is 16.3. The topological polar surface area (TPSA) is 64.3 Å². The number of fused-ring (bicyclic) bond motifs is 1. The van der Waals surface area contributed by atoms with Crippen LogP contribution < -0.4 is 4.90 Å². The fourth-order valence-corrected chi connectivity index (χ4v) is 5.30. The maximum absolute atomic E-state index is 14.5. The molecule has 1 aromatic carbocycles. The van der Waals surface area contributed by atoms with Gasteiger partial charge in [0.05, 0.1) is 24.0 Å². The number of amides is 1. The first-order valence-corrected chi connectivity index (χ1v) is 11.6. The minimum atomic E-state index is -0.562. The zero-order valence-corrected chi connectivity index (χ0v) is 19.4. The van der Waals surface area contributed by atoms with Gasteiger partial charge in [-0.15, -0.1) is 0 Å². The number of rotatable bonds is 5. The van der Waals surface area contributed by atoms with Crippen molar-refractivity contribution in [2.75, 3.05) is 45.2 Å². The van der Waals surface area contributed by atoms with Crippen LogP contribution in [0.3, 0.4) is 0 Å². The molecule has 0 saturated carbocycles. The fraction of sp³-hybridized carbons (Fsp3) is 0.440. The van der Waals surface area contributed by atoms with Crippen molar-refractivity contribution in [3.63, 3.8) is 0 Å². The molecule has 1 amide bonds. The molecule has 2 aliphatic rings. The van der Waals surface area contributed by atoms with Gasteiger partial charge in [-0.1, -0.05) is 0 Å². The van der Waals surface area contributed by atoms with Crippen molar-refractivity contribution in [3.8, 4) is 0 Å². The summed E-state index contributed by atoms with van der Waals surface area (Å²) in [6.07, 6.45) is 4.41. The van der Waals surface area contributed by atoms with Crippen LogP contribution >= 0.6 is 0 Å². The minimum Gasteiger partial charge on any atom is -0.391 e. The summed E-state index contributed by atoms with van der Waals surface area (Å²) < 4.78 is 30.1. The highest BCUT2D eigenvalue weighted by Crippen LogP contribution is 2.37. The third kappa shape index (κ3) is 4.14. The number of anilines is 1. The van der Waals surface area contributed by atoms with Gasteiger partial charge in [-0.3, -0.25) is 9.20 Å². The molecule has 0 aliphatic carbocycles. The van der Waals surface area contributed by atoms with Crippen LogP contribution in [0.5, 0.6) is 0 Å². The van der Waals surface area contributed by atoms with Gasteiger partial charge in [0.15, 0.2) is 0 Å². The molecule has 180 valence electrons. The molecular weight excluding hydrogens is 440 g/mol. The maximum atomic E-state index is 14.5. The van der Waals surface area contributed by atoms with E-state index in [0.717, 1.165) is 18.2 Å². The Kier molecular flexibility index (Phi) is 5.99. The lowest BCUT2D eigenvalue weighted by molar-refractivity contribution is 0.0757. The summed E-state index contributed by atoms with van der Waals surface area (Å²) in [6, 6.07) is 7.02. The summed E-state index contributed by atoms with van der Waals surface area (Å²) in [4.78, 5) is 23.5. The predicted molar refractivity (Wildman–Crippen MR) is 125 cm³/mol. The number of aliphatic hydroxyl groups excluding tert-OH is 1. The summed E-state index contributed by atoms with van der Waals surface area (Å²) >= 11 is 0. The quantitative estimate of drug-likeness (QED) is 0.623. The van der Waals surface area contributed by atoms with Crippen LogP contribution in [-0.4, -0.2) is 76.6 Å². The Morgan fingerprint density at radius 1 is 1.21 bits per heavy atom. The van der Waals surface area contributed by atoms with Gasteiger partial charge in [0, 0.05) is 43.9 Å². The number of pyridine rings is 1. The summed E-state index contributed by atoms with van der Waals surface area (Å²) in [7, 11) is 3.90. The summed E-state index contributed by atoms with van der Waals surface area (Å²) in [5.74, 6) is -1.06. The van der Waals surface area contributed by atoms with Gasteiger partial charge in [0.2, 0.25) is 0 Å². The van der Waals surface area contributed by atoms with E-state index >= 15 is 0 Å². The first-order valence-electron chi connectivity index (χ1n) is 11.6. The number of carbonyl (C=O) groups is 1. The van der Waals surface area contributed by atoms with Crippen LogP contribution in [0.4, 0.5) is 14.5 Å². The van der Waals surface area contributed by atoms with E-state index in [-0.39, 0.29) is 24.4 Å². The predicted octanol–water partition coefficient (Wildman–Crippen LogP) is 2.95. The van der Waals surface area contributed by atoms with Gasteiger partial charge < -0.3 is 19.8 Å². The van der Waals surface area contributed by atoms with Crippen molar-refractivity contribution < 1.29 is 18.7 Å². The second kappa shape index (κ2) is 8.96. The second-order valence-corrected chi connectivity index (χ2v) is 9.58. The Balaban J connectivity index is 1.43. The molecule has 5 rings (SSSR count). The Morgan fingerprint density at radius 3 is 2.82 bits per heavy atom. The zero-order chi connectivity index (χ0) is 24.0. The van der Waals surface area contributed by atoms with E-state index in [9.17, 15) is 18.7 Å². The van der Waals surface area contributed by atoms with E-state index in [1.54, 1.807) is 15.5 Å². The normalized spacial score (nSPS) is 22.9. The number of benzene rings is 1. The van der Waals surface area contributed by atoms with E-state index in [2.05, 4.69) is 9.88 Å². The number of hydrogen-bond acceptors (Lipinski definition) is 5. The molecule has 2 unspecified atom stereocenters. The Labute approximate surface area is 197 Å². The van der Waals surface area contributed by atoms with Crippen molar-refractivity contribution >= 4 is 17.2 Å². The number of carbonyl (C=O) groups excluding carboxylic acids is 1. The second-order valence-electron chi connectivity index (χ2n) is 9.58. The Bertz CT molecular complexity index is 1210. The molecule has 34 heavy (non-hydrogen) atoms. The number of halogens is 2. The highest BCUT2D eigenvalue weighted by molar-refractivity contribution is 5.93. The average Bonchev–Trinajstić information content (AvgIpc) is 3.53. The number of nitrogens with zero attached hydrogens (tertiary/aromatic N) is 5. The van der Waals surface area contributed by atoms with Crippen LogP contribution in [0.15, 0.2) is 42.7 Å². The van der Waals surface area contributed by atoms with E-state index in [4.69, 9.17) is 0 Å². The molecule has 9 heteroatoms. The highest BCUT2D eigenvalue weighted by Gasteiger charge is 2.36. The lowest BCUT2D eigenvalue weighted by Gasteiger charge is -2.27. The van der Waals surface area contributed by atoms with Gasteiger partial charge >= 0.3 is 0 Å².